The van der Waals surface area contributed by atoms with Crippen LogP contribution in [0, 0.1) is 5.82 Å². The molecular formula is C24H32F4NO4PS. The second-order valence-electron chi connectivity index (χ2n) is 8.64. The molecule has 11 heteroatoms. The summed E-state index contributed by atoms with van der Waals surface area (Å²) in [5, 5.41) is 3.05. The van der Waals surface area contributed by atoms with E-state index in [0.29, 0.717) is 41.3 Å². The molecule has 0 saturated carbocycles. The van der Waals surface area contributed by atoms with Crippen LogP contribution in [0.5, 0.6) is 5.75 Å². The van der Waals surface area contributed by atoms with Gasteiger partial charge in [0.2, 0.25) is 0 Å². The van der Waals surface area contributed by atoms with Gasteiger partial charge in [-0.1, -0.05) is 44.5 Å². The molecule has 1 unspecified atom stereocenters. The highest BCUT2D eigenvalue weighted by molar-refractivity contribution is 7.99. The van der Waals surface area contributed by atoms with Crippen LogP contribution >= 0.6 is 20.0 Å². The van der Waals surface area contributed by atoms with Crippen molar-refractivity contribution < 1.29 is 36.3 Å². The van der Waals surface area contributed by atoms with E-state index < -0.39 is 14.6 Å². The average Bonchev–Trinajstić information content (AvgIpc) is 2.76. The van der Waals surface area contributed by atoms with E-state index in [4.69, 9.17) is 4.89 Å². The number of hydrogen-bond acceptors (Lipinski definition) is 5. The maximum absolute atomic E-state index is 14.1. The van der Waals surface area contributed by atoms with Crippen LogP contribution in [0.2, 0.25) is 0 Å². The Morgan fingerprint density at radius 2 is 1.83 bits per heavy atom. The Kier molecular flexibility index (Phi) is 12.1. The fourth-order valence-corrected chi connectivity index (χ4v) is 4.87. The van der Waals surface area contributed by atoms with Crippen molar-refractivity contribution in [3.8, 4) is 5.75 Å². The molecule has 0 aliphatic rings. The van der Waals surface area contributed by atoms with Gasteiger partial charge >= 0.3 is 14.6 Å². The highest BCUT2D eigenvalue weighted by atomic mass is 32.2. The van der Waals surface area contributed by atoms with Crippen LogP contribution < -0.4 is 10.1 Å². The molecule has 196 valence electrons. The molecule has 2 aromatic carbocycles. The Labute approximate surface area is 208 Å². The highest BCUT2D eigenvalue weighted by Crippen LogP contribution is 2.36. The lowest BCUT2D eigenvalue weighted by Gasteiger charge is -2.25. The topological polar surface area (TPSA) is 67.8 Å². The molecule has 0 bridgehead atoms. The van der Waals surface area contributed by atoms with E-state index in [9.17, 15) is 22.1 Å². The van der Waals surface area contributed by atoms with Gasteiger partial charge in [-0.3, -0.25) is 4.57 Å². The minimum Gasteiger partial charge on any atom is -0.405 e. The molecular weight excluding hydrogens is 505 g/mol. The van der Waals surface area contributed by atoms with Crippen molar-refractivity contribution in [2.75, 3.05) is 18.9 Å². The molecule has 2 N–H and O–H groups in total. The molecule has 0 heterocycles. The molecule has 0 amide bonds. The lowest BCUT2D eigenvalue weighted by atomic mass is 9.80. The third-order valence-corrected chi connectivity index (χ3v) is 6.94. The third kappa shape index (κ3) is 11.3. The maximum atomic E-state index is 14.1. The van der Waals surface area contributed by atoms with Gasteiger partial charge in [-0.15, -0.1) is 24.9 Å². The summed E-state index contributed by atoms with van der Waals surface area (Å²) in [5.74, 6) is 0.134. The summed E-state index contributed by atoms with van der Waals surface area (Å²) in [6.07, 6.45) is -1.99. The van der Waals surface area contributed by atoms with Gasteiger partial charge in [0.1, 0.15) is 11.6 Å². The van der Waals surface area contributed by atoms with E-state index in [1.165, 1.54) is 23.9 Å². The van der Waals surface area contributed by atoms with Crippen molar-refractivity contribution in [1.82, 2.24) is 5.32 Å². The number of nitrogens with one attached hydrogen (secondary N) is 1. The molecule has 0 spiro atoms. The zero-order valence-electron chi connectivity index (χ0n) is 19.8. The van der Waals surface area contributed by atoms with Gasteiger partial charge < -0.3 is 19.5 Å². The quantitative estimate of drug-likeness (QED) is 0.112. The predicted octanol–water partition coefficient (Wildman–Crippen LogP) is 6.84. The second kappa shape index (κ2) is 14.2. The summed E-state index contributed by atoms with van der Waals surface area (Å²) < 4.78 is 72.3. The van der Waals surface area contributed by atoms with E-state index >= 15 is 0 Å². The van der Waals surface area contributed by atoms with Crippen LogP contribution in [0.25, 0.3) is 0 Å². The molecule has 2 rings (SSSR count). The SMILES string of the molecule is CC(C)(CCCCSc1ccc(CNCCCO[PH](=O)O)cc1OC(F)(F)F)c1ccccc1F. The van der Waals surface area contributed by atoms with Crippen LogP contribution in [0.1, 0.15) is 50.7 Å². The van der Waals surface area contributed by atoms with Crippen LogP contribution in [0.4, 0.5) is 17.6 Å². The van der Waals surface area contributed by atoms with Gasteiger partial charge in [-0.25, -0.2) is 4.39 Å². The lowest BCUT2D eigenvalue weighted by Crippen LogP contribution is -2.19. The molecule has 35 heavy (non-hydrogen) atoms. The Bertz CT molecular complexity index is 959. The lowest BCUT2D eigenvalue weighted by molar-refractivity contribution is -0.275. The van der Waals surface area contributed by atoms with Crippen molar-refractivity contribution in [3.05, 3.63) is 59.4 Å². The first kappa shape index (κ1) is 29.6. The Morgan fingerprint density at radius 3 is 2.51 bits per heavy atom. The molecule has 0 radical (unpaired) electrons. The molecule has 5 nitrogen and oxygen atoms in total. The first-order valence-corrected chi connectivity index (χ1v) is 13.6. The van der Waals surface area contributed by atoms with Gasteiger partial charge in [-0.2, -0.15) is 0 Å². The summed E-state index contributed by atoms with van der Waals surface area (Å²) in [5.41, 5.74) is 0.948. The molecule has 0 aliphatic carbocycles. The van der Waals surface area contributed by atoms with Crippen LogP contribution in [-0.2, 0) is 21.0 Å². The number of alkyl halides is 3. The van der Waals surface area contributed by atoms with Crippen LogP contribution in [-0.4, -0.2) is 30.2 Å². The summed E-state index contributed by atoms with van der Waals surface area (Å²) in [7, 11) is -2.95. The highest BCUT2D eigenvalue weighted by Gasteiger charge is 2.32. The Morgan fingerprint density at radius 1 is 1.09 bits per heavy atom. The molecule has 1 atom stereocenters. The van der Waals surface area contributed by atoms with Gasteiger partial charge in [-0.05, 0) is 66.3 Å². The van der Waals surface area contributed by atoms with Gasteiger partial charge in [0.05, 0.1) is 6.61 Å². The van der Waals surface area contributed by atoms with Crippen molar-refractivity contribution in [2.45, 2.75) is 62.7 Å². The standard InChI is InChI=1S/C24H32F4NO4PS/c1-23(2,19-8-3-4-9-20(19)25)12-5-6-15-35-22-11-10-18(16-21(22)33-24(26,27)28)17-29-13-7-14-32-34(30)31/h3-4,8-11,16,29,34H,5-7,12-15,17H2,1-2H3,(H,30,31). The number of hydrogen-bond donors (Lipinski definition) is 2. The molecule has 0 saturated heterocycles. The summed E-state index contributed by atoms with van der Waals surface area (Å²) in [4.78, 5) is 9.01. The van der Waals surface area contributed by atoms with E-state index in [0.717, 1.165) is 19.3 Å². The Balaban J connectivity index is 1.87. The van der Waals surface area contributed by atoms with E-state index in [1.54, 1.807) is 24.3 Å². The largest absolute Gasteiger partial charge is 0.573 e. The number of thioether (sulfide) groups is 1. The minimum atomic E-state index is -4.80. The minimum absolute atomic E-state index is 0.122. The summed E-state index contributed by atoms with van der Waals surface area (Å²) in [6, 6.07) is 11.4. The second-order valence-corrected chi connectivity index (χ2v) is 10.6. The van der Waals surface area contributed by atoms with Crippen molar-refractivity contribution in [2.24, 2.45) is 0 Å². The van der Waals surface area contributed by atoms with Gasteiger partial charge in [0.15, 0.2) is 0 Å². The molecule has 0 aromatic heterocycles. The maximum Gasteiger partial charge on any atom is 0.573 e. The van der Waals surface area contributed by atoms with Crippen LogP contribution in [0.15, 0.2) is 47.4 Å². The normalized spacial score (nSPS) is 13.1. The van der Waals surface area contributed by atoms with E-state index in [1.807, 2.05) is 19.9 Å². The van der Waals surface area contributed by atoms with E-state index in [2.05, 4.69) is 14.6 Å². The number of benzene rings is 2. The fraction of sp³-hybridized carbons (Fsp3) is 0.500. The molecule has 2 aromatic rings. The van der Waals surface area contributed by atoms with Crippen molar-refractivity contribution in [3.63, 3.8) is 0 Å². The average molecular weight is 538 g/mol. The fourth-order valence-electron chi connectivity index (χ4n) is 3.57. The Hall–Kier alpha value is -1.58. The molecule has 0 fully saturated rings. The number of halogens is 4. The number of unbranched alkanes of at least 4 members (excludes halogenated alkanes) is 1. The first-order chi connectivity index (χ1) is 16.5. The number of rotatable bonds is 15. The summed E-state index contributed by atoms with van der Waals surface area (Å²) >= 11 is 1.30. The van der Waals surface area contributed by atoms with Crippen molar-refractivity contribution in [1.29, 1.82) is 0 Å². The third-order valence-electron chi connectivity index (χ3n) is 5.34. The first-order valence-electron chi connectivity index (χ1n) is 11.3. The van der Waals surface area contributed by atoms with Gasteiger partial charge in [0, 0.05) is 11.4 Å². The predicted molar refractivity (Wildman–Crippen MR) is 131 cm³/mol. The molecule has 0 aliphatic heterocycles. The smallest absolute Gasteiger partial charge is 0.405 e. The summed E-state index contributed by atoms with van der Waals surface area (Å²) in [6.45, 7) is 4.89. The van der Waals surface area contributed by atoms with Crippen molar-refractivity contribution >= 4 is 20.0 Å². The van der Waals surface area contributed by atoms with E-state index in [-0.39, 0.29) is 23.6 Å². The zero-order valence-corrected chi connectivity index (χ0v) is 21.6. The monoisotopic (exact) mass is 537 g/mol. The van der Waals surface area contributed by atoms with Gasteiger partial charge in [0.25, 0.3) is 0 Å². The number of ether oxygens (including phenoxy) is 1. The zero-order chi connectivity index (χ0) is 25.9. The van der Waals surface area contributed by atoms with Crippen LogP contribution in [0.3, 0.4) is 0 Å².